The number of hydrogen-bond acceptors (Lipinski definition) is 4. The lowest BCUT2D eigenvalue weighted by Crippen LogP contribution is -2.27. The van der Waals surface area contributed by atoms with Gasteiger partial charge in [-0.05, 0) is 5.56 Å². The molecule has 19 heavy (non-hydrogen) atoms. The molecule has 1 amide bonds. The Labute approximate surface area is 112 Å². The van der Waals surface area contributed by atoms with Gasteiger partial charge >= 0.3 is 5.97 Å². The molecule has 0 atom stereocenters. The summed E-state index contributed by atoms with van der Waals surface area (Å²) in [6.45, 7) is 1.15. The van der Waals surface area contributed by atoms with Gasteiger partial charge in [-0.15, -0.1) is 0 Å². The lowest BCUT2D eigenvalue weighted by molar-refractivity contribution is -0.140. The summed E-state index contributed by atoms with van der Waals surface area (Å²) in [5.74, 6) is -0.461. The maximum Gasteiger partial charge on any atom is 0.307 e. The summed E-state index contributed by atoms with van der Waals surface area (Å²) in [5, 5.41) is 2.63. The SMILES string of the molecule is COC(=O)CCNC(=O)CCOCc1ccccc1. The lowest BCUT2D eigenvalue weighted by Gasteiger charge is -2.05. The van der Waals surface area contributed by atoms with E-state index in [1.165, 1.54) is 7.11 Å². The van der Waals surface area contributed by atoms with E-state index in [9.17, 15) is 9.59 Å². The molecule has 0 heterocycles. The molecule has 0 saturated heterocycles. The summed E-state index contributed by atoms with van der Waals surface area (Å²) < 4.78 is 9.85. The van der Waals surface area contributed by atoms with Crippen molar-refractivity contribution in [2.75, 3.05) is 20.3 Å². The summed E-state index contributed by atoms with van der Waals surface area (Å²) in [7, 11) is 1.32. The monoisotopic (exact) mass is 265 g/mol. The highest BCUT2D eigenvalue weighted by molar-refractivity contribution is 5.77. The molecule has 1 N–H and O–H groups in total. The van der Waals surface area contributed by atoms with Crippen molar-refractivity contribution >= 4 is 11.9 Å². The molecular formula is C14H19NO4. The van der Waals surface area contributed by atoms with Gasteiger partial charge < -0.3 is 14.8 Å². The van der Waals surface area contributed by atoms with Crippen LogP contribution in [0.2, 0.25) is 0 Å². The molecule has 0 spiro atoms. The Bertz CT molecular complexity index is 392. The van der Waals surface area contributed by atoms with Crippen LogP contribution in [0.1, 0.15) is 18.4 Å². The summed E-state index contributed by atoms with van der Waals surface area (Å²) in [5.41, 5.74) is 1.08. The number of carbonyl (C=O) groups excluding carboxylic acids is 2. The van der Waals surface area contributed by atoms with E-state index in [1.54, 1.807) is 0 Å². The molecule has 0 fully saturated rings. The van der Waals surface area contributed by atoms with Crippen molar-refractivity contribution in [2.45, 2.75) is 19.4 Å². The van der Waals surface area contributed by atoms with Crippen molar-refractivity contribution in [3.8, 4) is 0 Å². The first-order chi connectivity index (χ1) is 9.22. The molecular weight excluding hydrogens is 246 g/mol. The average Bonchev–Trinajstić information content (AvgIpc) is 2.44. The molecule has 0 aliphatic carbocycles. The van der Waals surface area contributed by atoms with Gasteiger partial charge in [0.25, 0.3) is 0 Å². The third-order valence-electron chi connectivity index (χ3n) is 2.46. The summed E-state index contributed by atoms with van der Waals surface area (Å²) in [6.07, 6.45) is 0.473. The molecule has 0 radical (unpaired) electrons. The van der Waals surface area contributed by atoms with Crippen molar-refractivity contribution in [1.29, 1.82) is 0 Å². The molecule has 1 rings (SSSR count). The molecule has 5 heteroatoms. The van der Waals surface area contributed by atoms with Crippen LogP contribution >= 0.6 is 0 Å². The molecule has 1 aromatic rings. The zero-order chi connectivity index (χ0) is 13.9. The van der Waals surface area contributed by atoms with E-state index in [2.05, 4.69) is 10.1 Å². The number of rotatable bonds is 8. The van der Waals surface area contributed by atoms with Gasteiger partial charge in [-0.2, -0.15) is 0 Å². The minimum Gasteiger partial charge on any atom is -0.469 e. The summed E-state index contributed by atoms with van der Waals surface area (Å²) >= 11 is 0. The first-order valence-corrected chi connectivity index (χ1v) is 6.17. The number of hydrogen-bond donors (Lipinski definition) is 1. The fourth-order valence-electron chi connectivity index (χ4n) is 1.42. The lowest BCUT2D eigenvalue weighted by atomic mass is 10.2. The number of nitrogens with one attached hydrogen (secondary N) is 1. The van der Waals surface area contributed by atoms with Crippen LogP contribution < -0.4 is 5.32 Å². The van der Waals surface area contributed by atoms with Gasteiger partial charge in [0, 0.05) is 13.0 Å². The zero-order valence-electron chi connectivity index (χ0n) is 11.1. The minimum absolute atomic E-state index is 0.128. The highest BCUT2D eigenvalue weighted by Crippen LogP contribution is 2.00. The third kappa shape index (κ3) is 7.21. The number of esters is 1. The predicted octanol–water partition coefficient (Wildman–Crippen LogP) is 1.27. The topological polar surface area (TPSA) is 64.6 Å². The normalized spacial score (nSPS) is 9.95. The van der Waals surface area contributed by atoms with Crippen LogP contribution in [-0.2, 0) is 25.7 Å². The van der Waals surface area contributed by atoms with Gasteiger partial charge in [0.05, 0.1) is 26.7 Å². The highest BCUT2D eigenvalue weighted by Gasteiger charge is 2.03. The van der Waals surface area contributed by atoms with Crippen LogP contribution in [-0.4, -0.2) is 32.1 Å². The van der Waals surface area contributed by atoms with Crippen molar-refractivity contribution < 1.29 is 19.1 Å². The average molecular weight is 265 g/mol. The number of methoxy groups -OCH3 is 1. The zero-order valence-corrected chi connectivity index (χ0v) is 11.1. The molecule has 0 saturated carbocycles. The van der Waals surface area contributed by atoms with E-state index in [-0.39, 0.29) is 24.7 Å². The smallest absolute Gasteiger partial charge is 0.307 e. The van der Waals surface area contributed by atoms with Gasteiger partial charge in [-0.1, -0.05) is 30.3 Å². The maximum atomic E-state index is 11.4. The molecule has 0 aromatic heterocycles. The summed E-state index contributed by atoms with van der Waals surface area (Å²) in [4.78, 5) is 22.2. The Morgan fingerprint density at radius 1 is 1.16 bits per heavy atom. The Kier molecular flexibility index (Phi) is 7.27. The molecule has 0 aliphatic rings. The van der Waals surface area contributed by atoms with Gasteiger partial charge in [-0.25, -0.2) is 0 Å². The Morgan fingerprint density at radius 3 is 2.58 bits per heavy atom. The molecule has 104 valence electrons. The van der Waals surface area contributed by atoms with E-state index in [0.29, 0.717) is 19.8 Å². The van der Waals surface area contributed by atoms with Crippen LogP contribution in [0.4, 0.5) is 0 Å². The van der Waals surface area contributed by atoms with Gasteiger partial charge in [0.1, 0.15) is 0 Å². The number of carbonyl (C=O) groups is 2. The third-order valence-corrected chi connectivity index (χ3v) is 2.46. The number of amides is 1. The van der Waals surface area contributed by atoms with Crippen LogP contribution in [0.3, 0.4) is 0 Å². The maximum absolute atomic E-state index is 11.4. The first-order valence-electron chi connectivity index (χ1n) is 6.17. The second kappa shape index (κ2) is 9.10. The quantitative estimate of drug-likeness (QED) is 0.568. The van der Waals surface area contributed by atoms with E-state index in [1.807, 2.05) is 30.3 Å². The fraction of sp³-hybridized carbons (Fsp3) is 0.429. The minimum atomic E-state index is -0.333. The molecule has 0 aliphatic heterocycles. The van der Waals surface area contributed by atoms with Crippen molar-refractivity contribution in [2.24, 2.45) is 0 Å². The standard InChI is InChI=1S/C14H19NO4/c1-18-14(17)7-9-15-13(16)8-10-19-11-12-5-3-2-4-6-12/h2-6H,7-11H2,1H3,(H,15,16). The van der Waals surface area contributed by atoms with Crippen molar-refractivity contribution in [1.82, 2.24) is 5.32 Å². The second-order valence-corrected chi connectivity index (χ2v) is 3.96. The summed E-state index contributed by atoms with van der Waals surface area (Å²) in [6, 6.07) is 9.77. The Balaban J connectivity index is 2.03. The highest BCUT2D eigenvalue weighted by atomic mass is 16.5. The Hall–Kier alpha value is -1.88. The first kappa shape index (κ1) is 15.2. The molecule has 1 aromatic carbocycles. The van der Waals surface area contributed by atoms with E-state index >= 15 is 0 Å². The van der Waals surface area contributed by atoms with Gasteiger partial charge in [0.2, 0.25) is 5.91 Å². The van der Waals surface area contributed by atoms with Crippen molar-refractivity contribution in [3.63, 3.8) is 0 Å². The van der Waals surface area contributed by atoms with Crippen LogP contribution in [0, 0.1) is 0 Å². The largest absolute Gasteiger partial charge is 0.469 e. The van der Waals surface area contributed by atoms with Gasteiger partial charge in [0.15, 0.2) is 0 Å². The predicted molar refractivity (Wildman–Crippen MR) is 70.4 cm³/mol. The van der Waals surface area contributed by atoms with E-state index < -0.39 is 0 Å². The molecule has 0 bridgehead atoms. The molecule has 0 unspecified atom stereocenters. The van der Waals surface area contributed by atoms with Crippen molar-refractivity contribution in [3.05, 3.63) is 35.9 Å². The van der Waals surface area contributed by atoms with E-state index in [0.717, 1.165) is 5.56 Å². The van der Waals surface area contributed by atoms with Crippen LogP contribution in [0.15, 0.2) is 30.3 Å². The Morgan fingerprint density at radius 2 is 1.89 bits per heavy atom. The van der Waals surface area contributed by atoms with Gasteiger partial charge in [-0.3, -0.25) is 9.59 Å². The number of ether oxygens (including phenoxy) is 2. The number of benzene rings is 1. The second-order valence-electron chi connectivity index (χ2n) is 3.96. The fourth-order valence-corrected chi connectivity index (χ4v) is 1.42. The molecule has 5 nitrogen and oxygen atoms in total. The van der Waals surface area contributed by atoms with E-state index in [4.69, 9.17) is 4.74 Å². The van der Waals surface area contributed by atoms with Crippen LogP contribution in [0.25, 0.3) is 0 Å². The van der Waals surface area contributed by atoms with Crippen LogP contribution in [0.5, 0.6) is 0 Å².